The lowest BCUT2D eigenvalue weighted by molar-refractivity contribution is -0.226. The fourth-order valence-corrected chi connectivity index (χ4v) is 1.51. The van der Waals surface area contributed by atoms with E-state index >= 15 is 0 Å². The second kappa shape index (κ2) is 6.06. The number of rotatable bonds is 5. The summed E-state index contributed by atoms with van der Waals surface area (Å²) in [5.41, 5.74) is 5.98. The maximum atomic E-state index is 12.4. The normalized spacial score (nSPS) is 15.2. The van der Waals surface area contributed by atoms with E-state index in [9.17, 15) is 13.2 Å². The summed E-state index contributed by atoms with van der Waals surface area (Å²) >= 11 is 0. The molecule has 0 fully saturated rings. The van der Waals surface area contributed by atoms with Gasteiger partial charge < -0.3 is 15.2 Å². The number of hydrogen-bond donors (Lipinski definition) is 1. The van der Waals surface area contributed by atoms with Crippen LogP contribution >= 0.6 is 0 Å². The lowest BCUT2D eigenvalue weighted by Gasteiger charge is -2.24. The number of benzene rings is 1. The SMILES string of the molecule is COc1ccccc1C(CN)OC(C)C(F)(F)F. The van der Waals surface area contributed by atoms with E-state index in [1.54, 1.807) is 24.3 Å². The molecule has 1 aromatic carbocycles. The Morgan fingerprint density at radius 3 is 2.39 bits per heavy atom. The number of para-hydroxylation sites is 1. The summed E-state index contributed by atoms with van der Waals surface area (Å²) in [5.74, 6) is 0.460. The van der Waals surface area contributed by atoms with Crippen LogP contribution in [0.2, 0.25) is 0 Å². The molecule has 0 spiro atoms. The van der Waals surface area contributed by atoms with Gasteiger partial charge >= 0.3 is 6.18 Å². The molecule has 0 saturated carbocycles. The molecule has 0 aliphatic rings. The predicted octanol–water partition coefficient (Wildman–Crippen LogP) is 2.66. The van der Waals surface area contributed by atoms with Gasteiger partial charge in [-0.25, -0.2) is 0 Å². The van der Waals surface area contributed by atoms with Crippen LogP contribution in [-0.2, 0) is 4.74 Å². The number of halogens is 3. The number of hydrogen-bond acceptors (Lipinski definition) is 3. The summed E-state index contributed by atoms with van der Waals surface area (Å²) in [6, 6.07) is 6.71. The zero-order valence-corrected chi connectivity index (χ0v) is 10.2. The Balaban J connectivity index is 2.90. The van der Waals surface area contributed by atoms with Gasteiger partial charge in [-0.2, -0.15) is 13.2 Å². The molecular weight excluding hydrogens is 247 g/mol. The molecule has 0 radical (unpaired) electrons. The molecule has 3 nitrogen and oxygen atoms in total. The van der Waals surface area contributed by atoms with E-state index in [1.807, 2.05) is 0 Å². The second-order valence-corrected chi connectivity index (χ2v) is 3.79. The third-order valence-electron chi connectivity index (χ3n) is 2.53. The van der Waals surface area contributed by atoms with Crippen LogP contribution in [0.5, 0.6) is 5.75 Å². The highest BCUT2D eigenvalue weighted by molar-refractivity contribution is 5.35. The van der Waals surface area contributed by atoms with Gasteiger partial charge in [0.2, 0.25) is 0 Å². The molecule has 1 aromatic rings. The summed E-state index contributed by atoms with van der Waals surface area (Å²) < 4.78 is 47.4. The highest BCUT2D eigenvalue weighted by Crippen LogP contribution is 2.31. The van der Waals surface area contributed by atoms with Crippen LogP contribution in [0.25, 0.3) is 0 Å². The van der Waals surface area contributed by atoms with Crippen LogP contribution < -0.4 is 10.5 Å². The van der Waals surface area contributed by atoms with Crippen molar-refractivity contribution < 1.29 is 22.6 Å². The number of ether oxygens (including phenoxy) is 2. The van der Waals surface area contributed by atoms with Crippen LogP contribution in [0.4, 0.5) is 13.2 Å². The standard InChI is InChI=1S/C12H16F3NO2/c1-8(12(13,14)15)18-11(7-16)9-5-3-4-6-10(9)17-2/h3-6,8,11H,7,16H2,1-2H3. The van der Waals surface area contributed by atoms with Crippen LogP contribution in [0.3, 0.4) is 0 Å². The fraction of sp³-hybridized carbons (Fsp3) is 0.500. The minimum atomic E-state index is -4.41. The molecular formula is C12H16F3NO2. The molecule has 18 heavy (non-hydrogen) atoms. The van der Waals surface area contributed by atoms with E-state index < -0.39 is 18.4 Å². The molecule has 2 atom stereocenters. The van der Waals surface area contributed by atoms with Gasteiger partial charge in [0.25, 0.3) is 0 Å². The van der Waals surface area contributed by atoms with Gasteiger partial charge in [0.15, 0.2) is 6.10 Å². The molecule has 0 aromatic heterocycles. The Labute approximate surface area is 104 Å². The fourth-order valence-electron chi connectivity index (χ4n) is 1.51. The summed E-state index contributed by atoms with van der Waals surface area (Å²) in [6.07, 6.45) is -7.14. The molecule has 0 saturated heterocycles. The highest BCUT2D eigenvalue weighted by Gasteiger charge is 2.38. The van der Waals surface area contributed by atoms with Crippen molar-refractivity contribution in [2.45, 2.75) is 25.3 Å². The minimum Gasteiger partial charge on any atom is -0.496 e. The van der Waals surface area contributed by atoms with Crippen LogP contribution in [0.15, 0.2) is 24.3 Å². The number of alkyl halides is 3. The largest absolute Gasteiger partial charge is 0.496 e. The first-order chi connectivity index (χ1) is 8.40. The zero-order valence-electron chi connectivity index (χ0n) is 10.2. The first-order valence-corrected chi connectivity index (χ1v) is 5.45. The van der Waals surface area contributed by atoms with Gasteiger partial charge in [0.05, 0.1) is 13.2 Å². The quantitative estimate of drug-likeness (QED) is 0.888. The van der Waals surface area contributed by atoms with Crippen molar-refractivity contribution in [1.82, 2.24) is 0 Å². The molecule has 1 rings (SSSR count). The van der Waals surface area contributed by atoms with Gasteiger partial charge in [-0.3, -0.25) is 0 Å². The average molecular weight is 263 g/mol. The van der Waals surface area contributed by atoms with Gasteiger partial charge in [0.1, 0.15) is 5.75 Å². The van der Waals surface area contributed by atoms with Crippen molar-refractivity contribution >= 4 is 0 Å². The molecule has 102 valence electrons. The Bertz CT molecular complexity index is 382. The molecule has 0 aliphatic carbocycles. The Hall–Kier alpha value is -1.27. The lowest BCUT2D eigenvalue weighted by Crippen LogP contribution is -2.32. The van der Waals surface area contributed by atoms with E-state index in [-0.39, 0.29) is 6.54 Å². The molecule has 6 heteroatoms. The van der Waals surface area contributed by atoms with E-state index in [1.165, 1.54) is 7.11 Å². The van der Waals surface area contributed by atoms with Crippen LogP contribution in [0.1, 0.15) is 18.6 Å². The molecule has 2 N–H and O–H groups in total. The van der Waals surface area contributed by atoms with E-state index in [2.05, 4.69) is 0 Å². The van der Waals surface area contributed by atoms with Gasteiger partial charge in [-0.1, -0.05) is 18.2 Å². The number of nitrogens with two attached hydrogens (primary N) is 1. The smallest absolute Gasteiger partial charge is 0.414 e. The lowest BCUT2D eigenvalue weighted by atomic mass is 10.1. The van der Waals surface area contributed by atoms with E-state index in [4.69, 9.17) is 15.2 Å². The topological polar surface area (TPSA) is 44.5 Å². The van der Waals surface area contributed by atoms with Crippen LogP contribution in [0, 0.1) is 0 Å². The van der Waals surface area contributed by atoms with Crippen molar-refractivity contribution in [2.24, 2.45) is 5.73 Å². The van der Waals surface area contributed by atoms with Crippen molar-refractivity contribution in [2.75, 3.05) is 13.7 Å². The van der Waals surface area contributed by atoms with Gasteiger partial charge in [0, 0.05) is 12.1 Å². The van der Waals surface area contributed by atoms with Crippen molar-refractivity contribution in [3.05, 3.63) is 29.8 Å². The predicted molar refractivity (Wildman–Crippen MR) is 61.4 cm³/mol. The molecule has 2 unspecified atom stereocenters. The number of methoxy groups -OCH3 is 1. The van der Waals surface area contributed by atoms with Crippen molar-refractivity contribution in [1.29, 1.82) is 0 Å². The minimum absolute atomic E-state index is 0.0548. The molecule has 0 heterocycles. The Morgan fingerprint density at radius 2 is 1.89 bits per heavy atom. The maximum Gasteiger partial charge on any atom is 0.414 e. The first-order valence-electron chi connectivity index (χ1n) is 5.45. The molecule has 0 bridgehead atoms. The second-order valence-electron chi connectivity index (χ2n) is 3.79. The average Bonchev–Trinajstić information content (AvgIpc) is 2.34. The Kier molecular flexibility index (Phi) is 4.98. The van der Waals surface area contributed by atoms with Gasteiger partial charge in [-0.15, -0.1) is 0 Å². The monoisotopic (exact) mass is 263 g/mol. The third kappa shape index (κ3) is 3.61. The molecule has 0 aliphatic heterocycles. The van der Waals surface area contributed by atoms with Gasteiger partial charge in [-0.05, 0) is 13.0 Å². The summed E-state index contributed by atoms with van der Waals surface area (Å²) in [4.78, 5) is 0. The van der Waals surface area contributed by atoms with E-state index in [0.717, 1.165) is 6.92 Å². The maximum absolute atomic E-state index is 12.4. The molecule has 0 amide bonds. The third-order valence-corrected chi connectivity index (χ3v) is 2.53. The van der Waals surface area contributed by atoms with E-state index in [0.29, 0.717) is 11.3 Å². The van der Waals surface area contributed by atoms with Crippen LogP contribution in [-0.4, -0.2) is 25.9 Å². The highest BCUT2D eigenvalue weighted by atomic mass is 19.4. The Morgan fingerprint density at radius 1 is 1.28 bits per heavy atom. The first kappa shape index (κ1) is 14.8. The summed E-state index contributed by atoms with van der Waals surface area (Å²) in [5, 5.41) is 0. The zero-order chi connectivity index (χ0) is 13.8. The summed E-state index contributed by atoms with van der Waals surface area (Å²) in [7, 11) is 1.44. The summed E-state index contributed by atoms with van der Waals surface area (Å²) in [6.45, 7) is 0.902. The van der Waals surface area contributed by atoms with Crippen molar-refractivity contribution in [3.8, 4) is 5.75 Å². The van der Waals surface area contributed by atoms with Crippen molar-refractivity contribution in [3.63, 3.8) is 0 Å².